The molecule has 2 fully saturated rings. The van der Waals surface area contributed by atoms with Gasteiger partial charge >= 0.3 is 0 Å². The lowest BCUT2D eigenvalue weighted by Gasteiger charge is -2.38. The lowest BCUT2D eigenvalue weighted by Crippen LogP contribution is -2.54. The van der Waals surface area contributed by atoms with E-state index in [0.717, 1.165) is 63.9 Å². The molecule has 6 nitrogen and oxygen atoms in total. The van der Waals surface area contributed by atoms with Gasteiger partial charge in [0.25, 0.3) is 0 Å². The van der Waals surface area contributed by atoms with Gasteiger partial charge in [0.15, 0.2) is 0 Å². The number of piperazine rings is 2. The van der Waals surface area contributed by atoms with Crippen LogP contribution < -0.4 is 9.80 Å². The first-order chi connectivity index (χ1) is 13.7. The summed E-state index contributed by atoms with van der Waals surface area (Å²) < 4.78 is 13.1. The number of pyridine rings is 1. The van der Waals surface area contributed by atoms with Gasteiger partial charge in [0.05, 0.1) is 6.54 Å². The average Bonchev–Trinajstić information content (AvgIpc) is 2.76. The summed E-state index contributed by atoms with van der Waals surface area (Å²) in [6.07, 6.45) is 1.80. The first-order valence-electron chi connectivity index (χ1n) is 9.86. The highest BCUT2D eigenvalue weighted by atomic mass is 19.1. The molecule has 0 unspecified atom stereocenters. The Kier molecular flexibility index (Phi) is 5.71. The molecule has 0 bridgehead atoms. The standard InChI is InChI=1S/C21H26FN5O/c22-18-4-6-19(7-5-18)25-11-9-24(10-12-25)17-21(28)27-15-13-26(14-16-27)20-3-1-2-8-23-20/h1-8H,9-17H2. The summed E-state index contributed by atoms with van der Waals surface area (Å²) in [6.45, 7) is 6.99. The number of hydrogen-bond acceptors (Lipinski definition) is 5. The maximum atomic E-state index is 13.1. The summed E-state index contributed by atoms with van der Waals surface area (Å²) in [5, 5.41) is 0. The number of amides is 1. The Labute approximate surface area is 165 Å². The predicted octanol–water partition coefficient (Wildman–Crippen LogP) is 1.69. The molecule has 2 aromatic rings. The summed E-state index contributed by atoms with van der Waals surface area (Å²) in [6, 6.07) is 12.5. The van der Waals surface area contributed by atoms with E-state index in [-0.39, 0.29) is 11.7 Å². The Balaban J connectivity index is 1.22. The molecule has 28 heavy (non-hydrogen) atoms. The zero-order valence-electron chi connectivity index (χ0n) is 16.0. The van der Waals surface area contributed by atoms with Crippen molar-refractivity contribution in [2.75, 3.05) is 68.7 Å². The van der Waals surface area contributed by atoms with Gasteiger partial charge in [0.2, 0.25) is 5.91 Å². The molecular weight excluding hydrogens is 357 g/mol. The summed E-state index contributed by atoms with van der Waals surface area (Å²) in [4.78, 5) is 25.7. The van der Waals surface area contributed by atoms with Crippen LogP contribution in [0, 0.1) is 5.82 Å². The molecule has 2 saturated heterocycles. The number of hydrogen-bond donors (Lipinski definition) is 0. The lowest BCUT2D eigenvalue weighted by molar-refractivity contribution is -0.132. The van der Waals surface area contributed by atoms with Crippen LogP contribution in [-0.4, -0.2) is 79.6 Å². The van der Waals surface area contributed by atoms with Crippen LogP contribution in [0.1, 0.15) is 0 Å². The Hall–Kier alpha value is -2.67. The van der Waals surface area contributed by atoms with Gasteiger partial charge in [-0.05, 0) is 36.4 Å². The molecule has 0 N–H and O–H groups in total. The number of halogens is 1. The van der Waals surface area contributed by atoms with Gasteiger partial charge in [0, 0.05) is 64.2 Å². The number of anilines is 2. The molecule has 2 aliphatic rings. The molecule has 7 heteroatoms. The van der Waals surface area contributed by atoms with Gasteiger partial charge in [-0.3, -0.25) is 9.69 Å². The third kappa shape index (κ3) is 4.42. The monoisotopic (exact) mass is 383 g/mol. The van der Waals surface area contributed by atoms with E-state index in [9.17, 15) is 9.18 Å². The molecule has 2 aliphatic heterocycles. The van der Waals surface area contributed by atoms with E-state index in [2.05, 4.69) is 19.7 Å². The zero-order chi connectivity index (χ0) is 19.3. The van der Waals surface area contributed by atoms with E-state index < -0.39 is 0 Å². The van der Waals surface area contributed by atoms with Gasteiger partial charge in [0.1, 0.15) is 11.6 Å². The van der Waals surface area contributed by atoms with Crippen molar-refractivity contribution in [1.29, 1.82) is 0 Å². The number of benzene rings is 1. The van der Waals surface area contributed by atoms with E-state index in [1.54, 1.807) is 6.20 Å². The summed E-state index contributed by atoms with van der Waals surface area (Å²) in [7, 11) is 0. The molecule has 0 atom stereocenters. The second-order valence-corrected chi connectivity index (χ2v) is 7.30. The maximum Gasteiger partial charge on any atom is 0.236 e. The molecule has 148 valence electrons. The van der Waals surface area contributed by atoms with Crippen LogP contribution in [-0.2, 0) is 4.79 Å². The third-order valence-corrected chi connectivity index (χ3v) is 5.53. The van der Waals surface area contributed by atoms with Crippen LogP contribution in [0.2, 0.25) is 0 Å². The van der Waals surface area contributed by atoms with Crippen LogP contribution >= 0.6 is 0 Å². The van der Waals surface area contributed by atoms with Crippen LogP contribution in [0.3, 0.4) is 0 Å². The fraction of sp³-hybridized carbons (Fsp3) is 0.429. The van der Waals surface area contributed by atoms with Crippen LogP contribution in [0.15, 0.2) is 48.7 Å². The van der Waals surface area contributed by atoms with Crippen LogP contribution in [0.25, 0.3) is 0 Å². The molecule has 0 aliphatic carbocycles. The van der Waals surface area contributed by atoms with Crippen molar-refractivity contribution in [1.82, 2.24) is 14.8 Å². The summed E-state index contributed by atoms with van der Waals surface area (Å²) in [5.74, 6) is 0.971. The molecule has 0 saturated carbocycles. The Morgan fingerprint density at radius 1 is 0.857 bits per heavy atom. The topological polar surface area (TPSA) is 42.9 Å². The van der Waals surface area contributed by atoms with Crippen molar-refractivity contribution in [3.05, 3.63) is 54.5 Å². The first kappa shape index (κ1) is 18.7. The molecule has 1 aromatic heterocycles. The molecule has 0 spiro atoms. The highest BCUT2D eigenvalue weighted by molar-refractivity contribution is 5.78. The number of nitrogens with zero attached hydrogens (tertiary/aromatic N) is 5. The van der Waals surface area contributed by atoms with Crippen molar-refractivity contribution >= 4 is 17.4 Å². The predicted molar refractivity (Wildman–Crippen MR) is 108 cm³/mol. The Bertz CT molecular complexity index is 769. The number of carbonyl (C=O) groups is 1. The molecule has 0 radical (unpaired) electrons. The molecular formula is C21H26FN5O. The zero-order valence-corrected chi connectivity index (χ0v) is 16.0. The molecule has 1 aromatic carbocycles. The van der Waals surface area contributed by atoms with Crippen molar-refractivity contribution in [2.45, 2.75) is 0 Å². The minimum Gasteiger partial charge on any atom is -0.369 e. The van der Waals surface area contributed by atoms with Crippen LogP contribution in [0.5, 0.6) is 0 Å². The third-order valence-electron chi connectivity index (χ3n) is 5.53. The quantitative estimate of drug-likeness (QED) is 0.804. The van der Waals surface area contributed by atoms with Gasteiger partial charge in [-0.15, -0.1) is 0 Å². The van der Waals surface area contributed by atoms with E-state index in [1.165, 1.54) is 12.1 Å². The van der Waals surface area contributed by atoms with Crippen molar-refractivity contribution in [2.24, 2.45) is 0 Å². The second kappa shape index (κ2) is 8.56. The average molecular weight is 383 g/mol. The normalized spacial score (nSPS) is 18.4. The largest absolute Gasteiger partial charge is 0.369 e. The van der Waals surface area contributed by atoms with E-state index >= 15 is 0 Å². The van der Waals surface area contributed by atoms with Crippen molar-refractivity contribution in [3.63, 3.8) is 0 Å². The van der Waals surface area contributed by atoms with Gasteiger partial charge in [-0.1, -0.05) is 6.07 Å². The lowest BCUT2D eigenvalue weighted by atomic mass is 10.2. The Morgan fingerprint density at radius 2 is 1.54 bits per heavy atom. The minimum atomic E-state index is -0.212. The fourth-order valence-corrected chi connectivity index (χ4v) is 3.83. The highest BCUT2D eigenvalue weighted by Crippen LogP contribution is 2.17. The summed E-state index contributed by atoms with van der Waals surface area (Å²) in [5.41, 5.74) is 1.04. The van der Waals surface area contributed by atoms with Gasteiger partial charge in [-0.2, -0.15) is 0 Å². The van der Waals surface area contributed by atoms with Gasteiger partial charge in [-0.25, -0.2) is 9.37 Å². The number of rotatable bonds is 4. The van der Waals surface area contributed by atoms with E-state index in [1.807, 2.05) is 35.2 Å². The number of aromatic nitrogens is 1. The minimum absolute atomic E-state index is 0.205. The van der Waals surface area contributed by atoms with E-state index in [4.69, 9.17) is 0 Å². The maximum absolute atomic E-state index is 13.1. The molecule has 1 amide bonds. The van der Waals surface area contributed by atoms with Gasteiger partial charge < -0.3 is 14.7 Å². The fourth-order valence-electron chi connectivity index (χ4n) is 3.83. The van der Waals surface area contributed by atoms with E-state index in [0.29, 0.717) is 6.54 Å². The first-order valence-corrected chi connectivity index (χ1v) is 9.86. The SMILES string of the molecule is O=C(CN1CCN(c2ccc(F)cc2)CC1)N1CCN(c2ccccn2)CC1. The molecule has 4 rings (SSSR count). The van der Waals surface area contributed by atoms with Crippen LogP contribution in [0.4, 0.5) is 15.9 Å². The Morgan fingerprint density at radius 3 is 2.18 bits per heavy atom. The van der Waals surface area contributed by atoms with Crippen molar-refractivity contribution in [3.8, 4) is 0 Å². The highest BCUT2D eigenvalue weighted by Gasteiger charge is 2.25. The smallest absolute Gasteiger partial charge is 0.236 e. The molecule has 3 heterocycles. The number of carbonyl (C=O) groups excluding carboxylic acids is 1. The second-order valence-electron chi connectivity index (χ2n) is 7.30. The summed E-state index contributed by atoms with van der Waals surface area (Å²) >= 11 is 0. The van der Waals surface area contributed by atoms with Crippen molar-refractivity contribution < 1.29 is 9.18 Å².